The number of fused-ring (bicyclic) bond motifs is 3. The van der Waals surface area contributed by atoms with E-state index in [1.54, 1.807) is 0 Å². The third kappa shape index (κ3) is 3.46. The van der Waals surface area contributed by atoms with Crippen molar-refractivity contribution in [1.82, 2.24) is 4.57 Å². The average molecular weight is 370 g/mol. The molecule has 28 heavy (non-hydrogen) atoms. The number of benzene rings is 3. The number of hydrogen-bond acceptors (Lipinski definition) is 0. The zero-order chi connectivity index (χ0) is 20.1. The SMILES string of the molecule is CC(C)(C)Cc1ccc2c(c1)c1ccccc1n2-c1cccc(C(C)(C)C)c1. The lowest BCUT2D eigenvalue weighted by molar-refractivity contribution is 0.411. The molecular formula is C27H31N. The zero-order valence-electron chi connectivity index (χ0n) is 18.0. The van der Waals surface area contributed by atoms with Crippen LogP contribution in [0.4, 0.5) is 0 Å². The molecule has 144 valence electrons. The van der Waals surface area contributed by atoms with E-state index < -0.39 is 0 Å². The van der Waals surface area contributed by atoms with Gasteiger partial charge in [0, 0.05) is 16.5 Å². The molecule has 0 N–H and O–H groups in total. The highest BCUT2D eigenvalue weighted by Crippen LogP contribution is 2.35. The van der Waals surface area contributed by atoms with E-state index in [-0.39, 0.29) is 10.8 Å². The molecule has 0 amide bonds. The van der Waals surface area contributed by atoms with E-state index in [9.17, 15) is 0 Å². The van der Waals surface area contributed by atoms with Crippen LogP contribution in [-0.2, 0) is 11.8 Å². The molecule has 0 radical (unpaired) electrons. The summed E-state index contributed by atoms with van der Waals surface area (Å²) in [6, 6.07) is 24.8. The van der Waals surface area contributed by atoms with E-state index in [2.05, 4.69) is 113 Å². The molecule has 0 aliphatic rings. The molecule has 0 aliphatic heterocycles. The van der Waals surface area contributed by atoms with Crippen LogP contribution in [0.25, 0.3) is 27.5 Å². The molecule has 0 spiro atoms. The van der Waals surface area contributed by atoms with E-state index >= 15 is 0 Å². The summed E-state index contributed by atoms with van der Waals surface area (Å²) in [7, 11) is 0. The summed E-state index contributed by atoms with van der Waals surface area (Å²) < 4.78 is 2.42. The predicted molar refractivity (Wildman–Crippen MR) is 123 cm³/mol. The number of nitrogens with zero attached hydrogens (tertiary/aromatic N) is 1. The quantitative estimate of drug-likeness (QED) is 0.341. The van der Waals surface area contributed by atoms with Crippen LogP contribution in [0.5, 0.6) is 0 Å². The summed E-state index contributed by atoms with van der Waals surface area (Å²) in [5.74, 6) is 0. The normalized spacial score (nSPS) is 12.8. The lowest BCUT2D eigenvalue weighted by atomic mass is 9.87. The largest absolute Gasteiger partial charge is 0.309 e. The van der Waals surface area contributed by atoms with Crippen LogP contribution in [0, 0.1) is 5.41 Å². The molecule has 1 aromatic heterocycles. The minimum Gasteiger partial charge on any atom is -0.309 e. The molecule has 1 heteroatoms. The fraction of sp³-hybridized carbons (Fsp3) is 0.333. The summed E-state index contributed by atoms with van der Waals surface area (Å²) in [5, 5.41) is 2.67. The molecule has 0 fully saturated rings. The Bertz CT molecular complexity index is 1150. The Labute approximate surface area is 169 Å². The lowest BCUT2D eigenvalue weighted by Crippen LogP contribution is -2.11. The topological polar surface area (TPSA) is 4.93 Å². The number of para-hydroxylation sites is 1. The van der Waals surface area contributed by atoms with Crippen molar-refractivity contribution < 1.29 is 0 Å². The second-order valence-corrected chi connectivity index (χ2v) is 10.2. The van der Waals surface area contributed by atoms with E-state index in [1.165, 1.54) is 38.6 Å². The van der Waals surface area contributed by atoms with E-state index in [0.717, 1.165) is 6.42 Å². The Morgan fingerprint density at radius 3 is 2.11 bits per heavy atom. The van der Waals surface area contributed by atoms with Crippen molar-refractivity contribution in [1.29, 1.82) is 0 Å². The van der Waals surface area contributed by atoms with Gasteiger partial charge in [0.05, 0.1) is 11.0 Å². The molecule has 4 rings (SSSR count). The molecule has 0 aliphatic carbocycles. The third-order valence-corrected chi connectivity index (χ3v) is 5.44. The van der Waals surface area contributed by atoms with Crippen molar-refractivity contribution in [3.8, 4) is 5.69 Å². The fourth-order valence-electron chi connectivity index (χ4n) is 4.13. The van der Waals surface area contributed by atoms with Crippen molar-refractivity contribution in [2.75, 3.05) is 0 Å². The number of hydrogen-bond donors (Lipinski definition) is 0. The van der Waals surface area contributed by atoms with Gasteiger partial charge in [-0.15, -0.1) is 0 Å². The first-order valence-electron chi connectivity index (χ1n) is 10.3. The summed E-state index contributed by atoms with van der Waals surface area (Å²) >= 11 is 0. The molecule has 0 unspecified atom stereocenters. The Kier molecular flexibility index (Phi) is 4.38. The van der Waals surface area contributed by atoms with E-state index in [4.69, 9.17) is 0 Å². The van der Waals surface area contributed by atoms with Gasteiger partial charge in [-0.25, -0.2) is 0 Å². The molecule has 3 aromatic carbocycles. The third-order valence-electron chi connectivity index (χ3n) is 5.44. The minimum absolute atomic E-state index is 0.134. The number of aromatic nitrogens is 1. The maximum Gasteiger partial charge on any atom is 0.0541 e. The molecule has 0 saturated carbocycles. The van der Waals surface area contributed by atoms with E-state index in [1.807, 2.05) is 0 Å². The van der Waals surface area contributed by atoms with Gasteiger partial charge in [-0.1, -0.05) is 77.9 Å². The summed E-state index contributed by atoms with van der Waals surface area (Å²) in [5.41, 5.74) is 6.98. The van der Waals surface area contributed by atoms with Gasteiger partial charge in [-0.2, -0.15) is 0 Å². The second-order valence-electron chi connectivity index (χ2n) is 10.2. The van der Waals surface area contributed by atoms with Gasteiger partial charge in [0.15, 0.2) is 0 Å². The van der Waals surface area contributed by atoms with Crippen molar-refractivity contribution in [2.45, 2.75) is 53.4 Å². The second kappa shape index (κ2) is 6.51. The van der Waals surface area contributed by atoms with Gasteiger partial charge in [0.1, 0.15) is 0 Å². The van der Waals surface area contributed by atoms with Crippen molar-refractivity contribution in [3.63, 3.8) is 0 Å². The highest BCUT2D eigenvalue weighted by Gasteiger charge is 2.18. The molecule has 0 bridgehead atoms. The molecule has 0 atom stereocenters. The van der Waals surface area contributed by atoms with Gasteiger partial charge in [0.2, 0.25) is 0 Å². The first-order valence-corrected chi connectivity index (χ1v) is 10.3. The van der Waals surface area contributed by atoms with Crippen LogP contribution < -0.4 is 0 Å². The molecule has 0 saturated heterocycles. The molecular weight excluding hydrogens is 338 g/mol. The first-order chi connectivity index (χ1) is 13.1. The Morgan fingerprint density at radius 1 is 0.679 bits per heavy atom. The minimum atomic E-state index is 0.134. The zero-order valence-corrected chi connectivity index (χ0v) is 18.0. The highest BCUT2D eigenvalue weighted by atomic mass is 15.0. The molecule has 1 heterocycles. The van der Waals surface area contributed by atoms with Crippen LogP contribution >= 0.6 is 0 Å². The number of rotatable bonds is 2. The van der Waals surface area contributed by atoms with Crippen LogP contribution in [0.15, 0.2) is 66.7 Å². The monoisotopic (exact) mass is 369 g/mol. The lowest BCUT2D eigenvalue weighted by Gasteiger charge is -2.20. The Hall–Kier alpha value is -2.54. The van der Waals surface area contributed by atoms with Gasteiger partial charge < -0.3 is 4.57 Å². The molecule has 4 aromatic rings. The maximum atomic E-state index is 2.42. The maximum absolute atomic E-state index is 2.42. The first kappa shape index (κ1) is 18.8. The van der Waals surface area contributed by atoms with Crippen LogP contribution in [-0.4, -0.2) is 4.57 Å². The van der Waals surface area contributed by atoms with E-state index in [0.29, 0.717) is 0 Å². The van der Waals surface area contributed by atoms with Gasteiger partial charge in [-0.05, 0) is 58.7 Å². The van der Waals surface area contributed by atoms with Gasteiger partial charge in [0.25, 0.3) is 0 Å². The smallest absolute Gasteiger partial charge is 0.0541 e. The Balaban J connectivity index is 1.98. The summed E-state index contributed by atoms with van der Waals surface area (Å²) in [6.45, 7) is 13.7. The van der Waals surface area contributed by atoms with Crippen molar-refractivity contribution >= 4 is 21.8 Å². The van der Waals surface area contributed by atoms with Crippen molar-refractivity contribution in [3.05, 3.63) is 77.9 Å². The predicted octanol–water partition coefficient (Wildman–Crippen LogP) is 7.67. The highest BCUT2D eigenvalue weighted by molar-refractivity contribution is 6.09. The van der Waals surface area contributed by atoms with Gasteiger partial charge >= 0.3 is 0 Å². The average Bonchev–Trinajstić information content (AvgIpc) is 2.94. The van der Waals surface area contributed by atoms with Gasteiger partial charge in [-0.3, -0.25) is 0 Å². The van der Waals surface area contributed by atoms with Crippen LogP contribution in [0.2, 0.25) is 0 Å². The summed E-state index contributed by atoms with van der Waals surface area (Å²) in [4.78, 5) is 0. The summed E-state index contributed by atoms with van der Waals surface area (Å²) in [6.07, 6.45) is 1.09. The standard InChI is InChI=1S/C27H31N/c1-26(2,3)18-19-14-15-25-23(16-19)22-12-7-8-13-24(22)28(25)21-11-9-10-20(17-21)27(4,5)6/h7-17H,18H2,1-6H3. The fourth-order valence-corrected chi connectivity index (χ4v) is 4.13. The molecule has 1 nitrogen and oxygen atoms in total. The van der Waals surface area contributed by atoms with Crippen LogP contribution in [0.1, 0.15) is 52.7 Å². The van der Waals surface area contributed by atoms with Crippen molar-refractivity contribution in [2.24, 2.45) is 5.41 Å². The van der Waals surface area contributed by atoms with Crippen LogP contribution in [0.3, 0.4) is 0 Å². The Morgan fingerprint density at radius 2 is 1.39 bits per heavy atom.